The Hall–Kier alpha value is -3.37. The second-order valence-electron chi connectivity index (χ2n) is 8.03. The van der Waals surface area contributed by atoms with E-state index in [2.05, 4.69) is 55.5 Å². The molecule has 0 fully saturated rings. The summed E-state index contributed by atoms with van der Waals surface area (Å²) < 4.78 is 11.2. The zero-order valence-electron chi connectivity index (χ0n) is 18.5. The first-order valence-electron chi connectivity index (χ1n) is 11.0. The number of aliphatic carboxylic acids is 1. The van der Waals surface area contributed by atoms with E-state index in [1.165, 1.54) is 33.4 Å². The SMILES string of the molecule is CCOC(Cc1ccc(OC/C=C(\C)c2ccc3c(c2)Cc2ccccc2-3)cc1)C(=O)O. The quantitative estimate of drug-likeness (QED) is 0.368. The lowest BCUT2D eigenvalue weighted by Gasteiger charge is -2.12. The van der Waals surface area contributed by atoms with Gasteiger partial charge in [0.25, 0.3) is 0 Å². The Labute approximate surface area is 189 Å². The summed E-state index contributed by atoms with van der Waals surface area (Å²) in [5.41, 5.74) is 8.75. The van der Waals surface area contributed by atoms with Crippen molar-refractivity contribution in [2.75, 3.05) is 13.2 Å². The Morgan fingerprint density at radius 3 is 2.53 bits per heavy atom. The molecule has 0 radical (unpaired) electrons. The molecule has 1 aliphatic rings. The maximum Gasteiger partial charge on any atom is 0.333 e. The number of carboxylic acid groups (broad SMARTS) is 1. The van der Waals surface area contributed by atoms with Crippen LogP contribution in [0.3, 0.4) is 0 Å². The number of carboxylic acids is 1. The molecule has 0 aliphatic heterocycles. The molecule has 0 saturated carbocycles. The van der Waals surface area contributed by atoms with E-state index in [-0.39, 0.29) is 0 Å². The highest BCUT2D eigenvalue weighted by Crippen LogP contribution is 2.37. The van der Waals surface area contributed by atoms with Crippen LogP contribution in [0.2, 0.25) is 0 Å². The molecule has 164 valence electrons. The van der Waals surface area contributed by atoms with Gasteiger partial charge in [-0.25, -0.2) is 4.79 Å². The van der Waals surface area contributed by atoms with Crippen LogP contribution in [0.15, 0.2) is 72.8 Å². The van der Waals surface area contributed by atoms with Crippen molar-refractivity contribution in [1.82, 2.24) is 0 Å². The van der Waals surface area contributed by atoms with Gasteiger partial charge in [-0.05, 0) is 77.4 Å². The molecule has 4 heteroatoms. The first kappa shape index (κ1) is 21.8. The van der Waals surface area contributed by atoms with Crippen molar-refractivity contribution in [2.24, 2.45) is 0 Å². The van der Waals surface area contributed by atoms with E-state index < -0.39 is 12.1 Å². The number of rotatable bonds is 9. The van der Waals surface area contributed by atoms with Gasteiger partial charge in [0.15, 0.2) is 6.10 Å². The number of fused-ring (bicyclic) bond motifs is 3. The van der Waals surface area contributed by atoms with Crippen LogP contribution in [0.1, 0.15) is 36.1 Å². The van der Waals surface area contributed by atoms with Gasteiger partial charge in [-0.3, -0.25) is 0 Å². The number of allylic oxidation sites excluding steroid dienone is 1. The maximum atomic E-state index is 11.2. The fourth-order valence-corrected chi connectivity index (χ4v) is 4.13. The van der Waals surface area contributed by atoms with Crippen LogP contribution in [0, 0.1) is 0 Å². The van der Waals surface area contributed by atoms with Crippen LogP contribution >= 0.6 is 0 Å². The smallest absolute Gasteiger partial charge is 0.333 e. The summed E-state index contributed by atoms with van der Waals surface area (Å²) in [5.74, 6) is -0.186. The van der Waals surface area contributed by atoms with Crippen molar-refractivity contribution in [3.8, 4) is 16.9 Å². The monoisotopic (exact) mass is 428 g/mol. The molecule has 0 heterocycles. The fourth-order valence-electron chi connectivity index (χ4n) is 4.13. The lowest BCUT2D eigenvalue weighted by atomic mass is 10.00. The van der Waals surface area contributed by atoms with Crippen molar-refractivity contribution < 1.29 is 19.4 Å². The van der Waals surface area contributed by atoms with Gasteiger partial charge < -0.3 is 14.6 Å². The summed E-state index contributed by atoms with van der Waals surface area (Å²) >= 11 is 0. The molecule has 3 aromatic rings. The standard InChI is InChI=1S/C28H28O4/c1-3-31-27(28(29)30)16-20-8-11-24(12-9-20)32-15-14-19(2)21-10-13-26-23(17-21)18-22-6-4-5-7-25(22)26/h4-14,17,27H,3,15-16,18H2,1-2H3,(H,29,30)/b19-14+. The van der Waals surface area contributed by atoms with Gasteiger partial charge >= 0.3 is 5.97 Å². The average Bonchev–Trinajstić information content (AvgIpc) is 3.17. The number of benzene rings is 3. The molecule has 3 aromatic carbocycles. The van der Waals surface area contributed by atoms with Crippen molar-refractivity contribution in [3.05, 3.63) is 95.1 Å². The molecule has 0 amide bonds. The summed E-state index contributed by atoms with van der Waals surface area (Å²) in [7, 11) is 0. The van der Waals surface area contributed by atoms with E-state index in [9.17, 15) is 9.90 Å². The fraction of sp³-hybridized carbons (Fsp3) is 0.250. The zero-order chi connectivity index (χ0) is 22.5. The molecule has 4 nitrogen and oxygen atoms in total. The van der Waals surface area contributed by atoms with E-state index in [0.29, 0.717) is 19.6 Å². The van der Waals surface area contributed by atoms with Crippen molar-refractivity contribution in [3.63, 3.8) is 0 Å². The number of ether oxygens (including phenoxy) is 2. The predicted molar refractivity (Wildman–Crippen MR) is 127 cm³/mol. The van der Waals surface area contributed by atoms with Gasteiger partial charge in [-0.15, -0.1) is 0 Å². The Kier molecular flexibility index (Phi) is 6.72. The lowest BCUT2D eigenvalue weighted by molar-refractivity contribution is -0.149. The van der Waals surface area contributed by atoms with E-state index in [1.807, 2.05) is 24.3 Å². The zero-order valence-corrected chi connectivity index (χ0v) is 18.5. The van der Waals surface area contributed by atoms with Gasteiger partial charge in [-0.1, -0.05) is 54.6 Å². The van der Waals surface area contributed by atoms with E-state index in [0.717, 1.165) is 17.7 Å². The van der Waals surface area contributed by atoms with Gasteiger partial charge in [0.1, 0.15) is 12.4 Å². The molecule has 1 unspecified atom stereocenters. The number of carbonyl (C=O) groups is 1. The van der Waals surface area contributed by atoms with E-state index in [4.69, 9.17) is 9.47 Å². The Bertz CT molecular complexity index is 1130. The van der Waals surface area contributed by atoms with Crippen LogP contribution in [-0.2, 0) is 22.4 Å². The normalized spacial score (nSPS) is 13.4. The molecule has 0 bridgehead atoms. The third kappa shape index (κ3) is 4.92. The van der Waals surface area contributed by atoms with E-state index in [1.54, 1.807) is 6.92 Å². The van der Waals surface area contributed by atoms with Crippen molar-refractivity contribution >= 4 is 11.5 Å². The summed E-state index contributed by atoms with van der Waals surface area (Å²) in [6.07, 6.45) is 2.59. The number of hydrogen-bond donors (Lipinski definition) is 1. The third-order valence-corrected chi connectivity index (χ3v) is 5.88. The number of hydrogen-bond acceptors (Lipinski definition) is 3. The Morgan fingerprint density at radius 2 is 1.78 bits per heavy atom. The molecular weight excluding hydrogens is 400 g/mol. The average molecular weight is 429 g/mol. The molecule has 0 saturated heterocycles. The summed E-state index contributed by atoms with van der Waals surface area (Å²) in [6, 6.07) is 22.8. The van der Waals surface area contributed by atoms with Gasteiger partial charge in [-0.2, -0.15) is 0 Å². The van der Waals surface area contributed by atoms with Crippen LogP contribution < -0.4 is 4.74 Å². The van der Waals surface area contributed by atoms with Crippen molar-refractivity contribution in [2.45, 2.75) is 32.8 Å². The molecule has 0 aromatic heterocycles. The maximum absolute atomic E-state index is 11.2. The minimum atomic E-state index is -0.941. The van der Waals surface area contributed by atoms with Crippen LogP contribution in [-0.4, -0.2) is 30.4 Å². The minimum absolute atomic E-state index is 0.338. The molecule has 1 atom stereocenters. The molecule has 0 spiro atoms. The summed E-state index contributed by atoms with van der Waals surface area (Å²) in [5, 5.41) is 9.22. The molecule has 4 rings (SSSR count). The Morgan fingerprint density at radius 1 is 1.03 bits per heavy atom. The summed E-state index contributed by atoms with van der Waals surface area (Å²) in [4.78, 5) is 11.2. The van der Waals surface area contributed by atoms with Crippen LogP contribution in [0.4, 0.5) is 0 Å². The van der Waals surface area contributed by atoms with Crippen LogP contribution in [0.25, 0.3) is 16.7 Å². The van der Waals surface area contributed by atoms with Crippen LogP contribution in [0.5, 0.6) is 5.75 Å². The first-order chi connectivity index (χ1) is 15.5. The minimum Gasteiger partial charge on any atom is -0.490 e. The van der Waals surface area contributed by atoms with Gasteiger partial charge in [0, 0.05) is 13.0 Å². The molecular formula is C28H28O4. The van der Waals surface area contributed by atoms with Crippen molar-refractivity contribution in [1.29, 1.82) is 0 Å². The third-order valence-electron chi connectivity index (χ3n) is 5.88. The van der Waals surface area contributed by atoms with Gasteiger partial charge in [0.2, 0.25) is 0 Å². The van der Waals surface area contributed by atoms with E-state index >= 15 is 0 Å². The second-order valence-corrected chi connectivity index (χ2v) is 8.03. The molecule has 32 heavy (non-hydrogen) atoms. The second kappa shape index (κ2) is 9.84. The Balaban J connectivity index is 1.35. The molecule has 1 N–H and O–H groups in total. The summed E-state index contributed by atoms with van der Waals surface area (Å²) in [6.45, 7) is 4.75. The highest BCUT2D eigenvalue weighted by Gasteiger charge is 2.19. The lowest BCUT2D eigenvalue weighted by Crippen LogP contribution is -2.26. The largest absolute Gasteiger partial charge is 0.490 e. The highest BCUT2D eigenvalue weighted by molar-refractivity contribution is 5.79. The molecule has 1 aliphatic carbocycles. The predicted octanol–water partition coefficient (Wildman–Crippen LogP) is 5.77. The topological polar surface area (TPSA) is 55.8 Å². The highest BCUT2D eigenvalue weighted by atomic mass is 16.5. The first-order valence-corrected chi connectivity index (χ1v) is 11.0. The van der Waals surface area contributed by atoms with Gasteiger partial charge in [0.05, 0.1) is 0 Å².